The van der Waals surface area contributed by atoms with E-state index in [1.807, 2.05) is 26.0 Å². The van der Waals surface area contributed by atoms with Gasteiger partial charge in [-0.2, -0.15) is 0 Å². The maximum atomic E-state index is 9.31. The zero-order chi connectivity index (χ0) is 10.6. The molecule has 0 bridgehead atoms. The predicted octanol–water partition coefficient (Wildman–Crippen LogP) is 2.80. The summed E-state index contributed by atoms with van der Waals surface area (Å²) in [5, 5.41) is 9.89. The Kier molecular flexibility index (Phi) is 4.23. The molecular formula is C11H15ClO2. The van der Waals surface area contributed by atoms with Gasteiger partial charge in [0.2, 0.25) is 0 Å². The van der Waals surface area contributed by atoms with E-state index in [9.17, 15) is 5.11 Å². The molecular weight excluding hydrogens is 200 g/mol. The van der Waals surface area contributed by atoms with Gasteiger partial charge in [-0.1, -0.05) is 24.6 Å². The zero-order valence-electron chi connectivity index (χ0n) is 8.46. The normalized spacial score (nSPS) is 12.6. The van der Waals surface area contributed by atoms with E-state index in [1.54, 1.807) is 6.07 Å². The highest BCUT2D eigenvalue weighted by Crippen LogP contribution is 2.25. The molecule has 1 rings (SSSR count). The quantitative estimate of drug-likeness (QED) is 0.835. The van der Waals surface area contributed by atoms with Crippen LogP contribution in [-0.2, 0) is 0 Å². The summed E-state index contributed by atoms with van der Waals surface area (Å²) in [6.45, 7) is 4.17. The fourth-order valence-corrected chi connectivity index (χ4v) is 1.20. The molecule has 0 aliphatic heterocycles. The summed E-state index contributed by atoms with van der Waals surface area (Å²) in [5.74, 6) is 0.638. The van der Waals surface area contributed by atoms with Gasteiger partial charge < -0.3 is 9.84 Å². The van der Waals surface area contributed by atoms with Gasteiger partial charge in [-0.3, -0.25) is 0 Å². The summed E-state index contributed by atoms with van der Waals surface area (Å²) < 4.78 is 5.39. The van der Waals surface area contributed by atoms with Crippen LogP contribution < -0.4 is 4.74 Å². The van der Waals surface area contributed by atoms with Crippen molar-refractivity contribution in [3.63, 3.8) is 0 Å². The lowest BCUT2D eigenvalue weighted by Crippen LogP contribution is -2.16. The molecule has 0 aliphatic rings. The van der Waals surface area contributed by atoms with E-state index >= 15 is 0 Å². The third-order valence-corrected chi connectivity index (χ3v) is 2.30. The molecule has 0 aromatic heterocycles. The van der Waals surface area contributed by atoms with Crippen molar-refractivity contribution in [3.8, 4) is 5.75 Å². The fraction of sp³-hybridized carbons (Fsp3) is 0.455. The molecule has 2 nitrogen and oxygen atoms in total. The molecule has 1 aromatic rings. The Morgan fingerprint density at radius 1 is 1.50 bits per heavy atom. The van der Waals surface area contributed by atoms with Crippen LogP contribution in [-0.4, -0.2) is 17.8 Å². The van der Waals surface area contributed by atoms with E-state index in [2.05, 4.69) is 0 Å². The number of rotatable bonds is 4. The first kappa shape index (κ1) is 11.3. The molecule has 0 saturated carbocycles. The van der Waals surface area contributed by atoms with Crippen molar-refractivity contribution in [2.75, 3.05) is 6.61 Å². The highest BCUT2D eigenvalue weighted by Gasteiger charge is 2.05. The second-order valence-electron chi connectivity index (χ2n) is 3.31. The summed E-state index contributed by atoms with van der Waals surface area (Å²) in [5.41, 5.74) is 1.09. The number of hydrogen-bond acceptors (Lipinski definition) is 2. The molecule has 0 aliphatic carbocycles. The van der Waals surface area contributed by atoms with Gasteiger partial charge >= 0.3 is 0 Å². The monoisotopic (exact) mass is 214 g/mol. The van der Waals surface area contributed by atoms with Gasteiger partial charge in [-0.15, -0.1) is 0 Å². The van der Waals surface area contributed by atoms with Gasteiger partial charge in [0.25, 0.3) is 0 Å². The fourth-order valence-electron chi connectivity index (χ4n) is 1.03. The molecule has 0 saturated heterocycles. The Morgan fingerprint density at radius 2 is 2.21 bits per heavy atom. The molecule has 3 heteroatoms. The lowest BCUT2D eigenvalue weighted by Gasteiger charge is -2.11. The van der Waals surface area contributed by atoms with Gasteiger partial charge in [0.15, 0.2) is 0 Å². The van der Waals surface area contributed by atoms with E-state index in [0.717, 1.165) is 5.56 Å². The maximum Gasteiger partial charge on any atom is 0.138 e. The molecule has 1 atom stereocenters. The largest absolute Gasteiger partial charge is 0.489 e. The molecule has 1 N–H and O–H groups in total. The third kappa shape index (κ3) is 3.20. The van der Waals surface area contributed by atoms with Crippen molar-refractivity contribution >= 4 is 11.6 Å². The zero-order valence-corrected chi connectivity index (χ0v) is 9.21. The molecule has 0 fully saturated rings. The molecule has 0 unspecified atom stereocenters. The second-order valence-corrected chi connectivity index (χ2v) is 3.71. The molecule has 78 valence electrons. The second kappa shape index (κ2) is 5.23. The Morgan fingerprint density at radius 3 is 2.86 bits per heavy atom. The first-order chi connectivity index (χ1) is 6.63. The minimum absolute atomic E-state index is 0.291. The highest BCUT2D eigenvalue weighted by atomic mass is 35.5. The smallest absolute Gasteiger partial charge is 0.138 e. The first-order valence-corrected chi connectivity index (χ1v) is 5.08. The number of aliphatic hydroxyl groups excluding tert-OH is 1. The molecule has 0 radical (unpaired) electrons. The molecule has 0 spiro atoms. The number of aliphatic hydroxyl groups is 1. The minimum Gasteiger partial charge on any atom is -0.489 e. The molecule has 1 aromatic carbocycles. The van der Waals surface area contributed by atoms with Crippen LogP contribution in [0.4, 0.5) is 0 Å². The lowest BCUT2D eigenvalue weighted by molar-refractivity contribution is 0.104. The number of hydrogen-bond donors (Lipinski definition) is 1. The van der Waals surface area contributed by atoms with Crippen molar-refractivity contribution < 1.29 is 9.84 Å². The van der Waals surface area contributed by atoms with E-state index < -0.39 is 6.10 Å². The molecule has 0 amide bonds. The van der Waals surface area contributed by atoms with E-state index in [4.69, 9.17) is 16.3 Å². The number of aryl methyl sites for hydroxylation is 1. The van der Waals surface area contributed by atoms with E-state index in [0.29, 0.717) is 23.8 Å². The van der Waals surface area contributed by atoms with Crippen LogP contribution in [0, 0.1) is 6.92 Å². The number of halogens is 1. The topological polar surface area (TPSA) is 29.5 Å². The summed E-state index contributed by atoms with van der Waals surface area (Å²) >= 11 is 5.92. The predicted molar refractivity (Wildman–Crippen MR) is 58.0 cm³/mol. The Bertz CT molecular complexity index is 299. The van der Waals surface area contributed by atoms with Crippen molar-refractivity contribution in [1.29, 1.82) is 0 Å². The highest BCUT2D eigenvalue weighted by molar-refractivity contribution is 6.32. The van der Waals surface area contributed by atoms with Crippen molar-refractivity contribution in [2.24, 2.45) is 0 Å². The molecule has 14 heavy (non-hydrogen) atoms. The van der Waals surface area contributed by atoms with E-state index in [1.165, 1.54) is 0 Å². The summed E-state index contributed by atoms with van der Waals surface area (Å²) in [6, 6.07) is 5.58. The van der Waals surface area contributed by atoms with Crippen LogP contribution >= 0.6 is 11.6 Å². The lowest BCUT2D eigenvalue weighted by atomic mass is 10.2. The Labute approximate surface area is 89.5 Å². The van der Waals surface area contributed by atoms with Gasteiger partial charge in [0.05, 0.1) is 11.1 Å². The minimum atomic E-state index is -0.424. The van der Waals surface area contributed by atoms with Crippen LogP contribution in [0.2, 0.25) is 5.02 Å². The van der Waals surface area contributed by atoms with Crippen LogP contribution in [0.15, 0.2) is 18.2 Å². The van der Waals surface area contributed by atoms with Crippen LogP contribution in [0.1, 0.15) is 18.9 Å². The van der Waals surface area contributed by atoms with Gasteiger partial charge in [-0.05, 0) is 31.0 Å². The standard InChI is InChI=1S/C11H15ClO2/c1-3-9(13)7-14-11-6-8(2)4-5-10(11)12/h4-6,9,13H,3,7H2,1-2H3/t9-/m0/s1. The number of benzene rings is 1. The van der Waals surface area contributed by atoms with Crippen LogP contribution in [0.3, 0.4) is 0 Å². The van der Waals surface area contributed by atoms with Crippen molar-refractivity contribution in [3.05, 3.63) is 28.8 Å². The van der Waals surface area contributed by atoms with Gasteiger partial charge in [0.1, 0.15) is 12.4 Å². The maximum absolute atomic E-state index is 9.31. The third-order valence-electron chi connectivity index (χ3n) is 1.99. The Balaban J connectivity index is 2.62. The van der Waals surface area contributed by atoms with Crippen LogP contribution in [0.25, 0.3) is 0 Å². The summed E-state index contributed by atoms with van der Waals surface area (Å²) in [4.78, 5) is 0. The van der Waals surface area contributed by atoms with E-state index in [-0.39, 0.29) is 0 Å². The van der Waals surface area contributed by atoms with Gasteiger partial charge in [0, 0.05) is 0 Å². The SMILES string of the molecule is CC[C@H](O)COc1cc(C)ccc1Cl. The molecule has 0 heterocycles. The van der Waals surface area contributed by atoms with Crippen molar-refractivity contribution in [2.45, 2.75) is 26.4 Å². The van der Waals surface area contributed by atoms with Gasteiger partial charge in [-0.25, -0.2) is 0 Å². The van der Waals surface area contributed by atoms with Crippen LogP contribution in [0.5, 0.6) is 5.75 Å². The average molecular weight is 215 g/mol. The number of ether oxygens (including phenoxy) is 1. The summed E-state index contributed by atoms with van der Waals surface area (Å²) in [7, 11) is 0. The summed E-state index contributed by atoms with van der Waals surface area (Å²) in [6.07, 6.45) is 0.259. The Hall–Kier alpha value is -0.730. The first-order valence-electron chi connectivity index (χ1n) is 4.70. The van der Waals surface area contributed by atoms with Crippen molar-refractivity contribution in [1.82, 2.24) is 0 Å². The average Bonchev–Trinajstić information content (AvgIpc) is 2.19.